The minimum atomic E-state index is -0.598. The molecular weight excluding hydrogens is 274 g/mol. The molecule has 0 fully saturated rings. The minimum absolute atomic E-state index is 0.189. The Balaban J connectivity index is 3.40. The van der Waals surface area contributed by atoms with E-state index < -0.39 is 11.0 Å². The van der Waals surface area contributed by atoms with E-state index in [0.717, 1.165) is 0 Å². The molecule has 1 aromatic rings. The van der Waals surface area contributed by atoms with E-state index in [1.807, 2.05) is 0 Å². The number of nitrogen functional groups attached to an aromatic ring is 1. The minimum Gasteiger partial charge on any atom is -0.397 e. The maximum atomic E-state index is 11.1. The fourth-order valence-corrected chi connectivity index (χ4v) is 2.10. The summed E-state index contributed by atoms with van der Waals surface area (Å²) in [5, 5.41) is 11.0. The SMILES string of the molecule is COCCC(OC)c1c(N)c(C)nc(Cl)c1[N+](=O)[O-]. The first kappa shape index (κ1) is 15.6. The van der Waals surface area contributed by atoms with E-state index in [4.69, 9.17) is 26.8 Å². The average molecular weight is 290 g/mol. The highest BCUT2D eigenvalue weighted by Crippen LogP contribution is 2.39. The van der Waals surface area contributed by atoms with Gasteiger partial charge in [-0.25, -0.2) is 4.98 Å². The largest absolute Gasteiger partial charge is 0.397 e. The van der Waals surface area contributed by atoms with Gasteiger partial charge in [-0.15, -0.1) is 0 Å². The molecule has 0 spiro atoms. The van der Waals surface area contributed by atoms with Crippen LogP contribution in [-0.4, -0.2) is 30.7 Å². The predicted octanol–water partition coefficient (Wildman–Crippen LogP) is 2.26. The van der Waals surface area contributed by atoms with Crippen molar-refractivity contribution in [3.05, 3.63) is 26.5 Å². The summed E-state index contributed by atoms with van der Waals surface area (Å²) in [6, 6.07) is 0. The molecule has 0 aliphatic rings. The quantitative estimate of drug-likeness (QED) is 0.490. The maximum Gasteiger partial charge on any atom is 0.314 e. The van der Waals surface area contributed by atoms with Crippen LogP contribution in [0.1, 0.15) is 23.8 Å². The molecule has 1 unspecified atom stereocenters. The molecule has 0 aromatic carbocycles. The van der Waals surface area contributed by atoms with E-state index >= 15 is 0 Å². The van der Waals surface area contributed by atoms with Crippen LogP contribution in [0.25, 0.3) is 0 Å². The van der Waals surface area contributed by atoms with E-state index in [-0.39, 0.29) is 22.1 Å². The van der Waals surface area contributed by atoms with Crippen LogP contribution >= 0.6 is 11.6 Å². The van der Waals surface area contributed by atoms with E-state index in [9.17, 15) is 10.1 Å². The zero-order valence-corrected chi connectivity index (χ0v) is 11.7. The number of nitro groups is 1. The molecule has 0 saturated carbocycles. The summed E-state index contributed by atoms with van der Waals surface area (Å²) in [6.45, 7) is 2.02. The number of methoxy groups -OCH3 is 2. The monoisotopic (exact) mass is 289 g/mol. The second kappa shape index (κ2) is 6.65. The highest BCUT2D eigenvalue weighted by molar-refractivity contribution is 6.31. The standard InChI is InChI=1S/C11H16ClN3O4/c1-6-9(13)8(7(19-3)4-5-18-2)10(15(16)17)11(12)14-6/h7H,4-5,13H2,1-3H3. The van der Waals surface area contributed by atoms with Crippen molar-refractivity contribution in [3.8, 4) is 0 Å². The Morgan fingerprint density at radius 2 is 2.16 bits per heavy atom. The van der Waals surface area contributed by atoms with Gasteiger partial charge in [0.2, 0.25) is 5.15 Å². The number of hydrogen-bond acceptors (Lipinski definition) is 6. The maximum absolute atomic E-state index is 11.1. The van der Waals surface area contributed by atoms with Crippen LogP contribution in [-0.2, 0) is 9.47 Å². The van der Waals surface area contributed by atoms with Crippen molar-refractivity contribution in [2.45, 2.75) is 19.4 Å². The van der Waals surface area contributed by atoms with Crippen molar-refractivity contribution in [3.63, 3.8) is 0 Å². The first-order valence-electron chi connectivity index (χ1n) is 5.55. The summed E-state index contributed by atoms with van der Waals surface area (Å²) in [4.78, 5) is 14.4. The molecule has 0 saturated heterocycles. The van der Waals surface area contributed by atoms with Crippen LogP contribution in [0, 0.1) is 17.0 Å². The number of pyridine rings is 1. The van der Waals surface area contributed by atoms with Gasteiger partial charge in [0.25, 0.3) is 0 Å². The van der Waals surface area contributed by atoms with Crippen molar-refractivity contribution in [2.24, 2.45) is 0 Å². The van der Waals surface area contributed by atoms with Crippen molar-refractivity contribution in [2.75, 3.05) is 26.6 Å². The molecule has 0 amide bonds. The first-order chi connectivity index (χ1) is 8.93. The molecular formula is C11H16ClN3O4. The molecule has 0 bridgehead atoms. The zero-order valence-electron chi connectivity index (χ0n) is 11.0. The smallest absolute Gasteiger partial charge is 0.314 e. The molecule has 8 heteroatoms. The number of hydrogen-bond donors (Lipinski definition) is 1. The van der Waals surface area contributed by atoms with E-state index in [1.54, 1.807) is 6.92 Å². The van der Waals surface area contributed by atoms with Crippen molar-refractivity contribution in [1.82, 2.24) is 4.98 Å². The van der Waals surface area contributed by atoms with Crippen LogP contribution < -0.4 is 5.73 Å². The number of rotatable bonds is 6. The predicted molar refractivity (Wildman–Crippen MR) is 71.3 cm³/mol. The molecule has 7 nitrogen and oxygen atoms in total. The molecule has 19 heavy (non-hydrogen) atoms. The average Bonchev–Trinajstić information content (AvgIpc) is 2.35. The number of aromatic nitrogens is 1. The fourth-order valence-electron chi connectivity index (χ4n) is 1.80. The lowest BCUT2D eigenvalue weighted by molar-refractivity contribution is -0.386. The van der Waals surface area contributed by atoms with Gasteiger partial charge in [0, 0.05) is 27.2 Å². The summed E-state index contributed by atoms with van der Waals surface area (Å²) >= 11 is 5.84. The van der Waals surface area contributed by atoms with Crippen LogP contribution in [0.2, 0.25) is 5.15 Å². The number of aryl methyl sites for hydroxylation is 1. The van der Waals surface area contributed by atoms with E-state index in [0.29, 0.717) is 18.7 Å². The Labute approximate surface area is 115 Å². The van der Waals surface area contributed by atoms with Gasteiger partial charge in [-0.05, 0) is 6.92 Å². The highest BCUT2D eigenvalue weighted by atomic mass is 35.5. The summed E-state index contributed by atoms with van der Waals surface area (Å²) in [7, 11) is 2.99. The molecule has 1 heterocycles. The van der Waals surface area contributed by atoms with Gasteiger partial charge in [-0.1, -0.05) is 11.6 Å². The first-order valence-corrected chi connectivity index (χ1v) is 5.93. The van der Waals surface area contributed by atoms with Crippen LogP contribution in [0.4, 0.5) is 11.4 Å². The molecule has 1 rings (SSSR count). The molecule has 0 aliphatic carbocycles. The summed E-state index contributed by atoms with van der Waals surface area (Å²) in [5.74, 6) is 0. The topological polar surface area (TPSA) is 101 Å². The number of anilines is 1. The molecule has 106 valence electrons. The number of nitrogens with zero attached hydrogens (tertiary/aromatic N) is 2. The van der Waals surface area contributed by atoms with Gasteiger partial charge in [0.05, 0.1) is 28.0 Å². The molecule has 0 aliphatic heterocycles. The fraction of sp³-hybridized carbons (Fsp3) is 0.545. The number of nitrogens with two attached hydrogens (primary N) is 1. The Kier molecular flexibility index (Phi) is 5.46. The van der Waals surface area contributed by atoms with Gasteiger partial charge in [-0.2, -0.15) is 0 Å². The van der Waals surface area contributed by atoms with Crippen molar-refractivity contribution < 1.29 is 14.4 Å². The van der Waals surface area contributed by atoms with Gasteiger partial charge in [0.1, 0.15) is 0 Å². The molecule has 1 atom stereocenters. The number of ether oxygens (including phenoxy) is 2. The Hall–Kier alpha value is -1.44. The summed E-state index contributed by atoms with van der Waals surface area (Å²) in [5.41, 5.74) is 6.49. The van der Waals surface area contributed by atoms with Gasteiger partial charge >= 0.3 is 5.69 Å². The Morgan fingerprint density at radius 1 is 1.53 bits per heavy atom. The van der Waals surface area contributed by atoms with Crippen molar-refractivity contribution in [1.29, 1.82) is 0 Å². The van der Waals surface area contributed by atoms with Gasteiger partial charge < -0.3 is 15.2 Å². The molecule has 1 aromatic heterocycles. The Bertz CT molecular complexity index is 481. The van der Waals surface area contributed by atoms with E-state index in [2.05, 4.69) is 4.98 Å². The highest BCUT2D eigenvalue weighted by Gasteiger charge is 2.30. The lowest BCUT2D eigenvalue weighted by Gasteiger charge is -2.18. The second-order valence-corrected chi connectivity index (χ2v) is 4.28. The van der Waals surface area contributed by atoms with Gasteiger partial charge in [-0.3, -0.25) is 10.1 Å². The third kappa shape index (κ3) is 3.31. The number of halogens is 1. The second-order valence-electron chi connectivity index (χ2n) is 3.93. The lowest BCUT2D eigenvalue weighted by Crippen LogP contribution is -2.13. The van der Waals surface area contributed by atoms with E-state index in [1.165, 1.54) is 14.2 Å². The molecule has 2 N–H and O–H groups in total. The van der Waals surface area contributed by atoms with Crippen LogP contribution in [0.3, 0.4) is 0 Å². The Morgan fingerprint density at radius 3 is 2.63 bits per heavy atom. The third-order valence-corrected chi connectivity index (χ3v) is 3.03. The van der Waals surface area contributed by atoms with Crippen LogP contribution in [0.15, 0.2) is 0 Å². The van der Waals surface area contributed by atoms with Crippen molar-refractivity contribution >= 4 is 23.0 Å². The molecule has 0 radical (unpaired) electrons. The van der Waals surface area contributed by atoms with Crippen LogP contribution in [0.5, 0.6) is 0 Å². The summed E-state index contributed by atoms with van der Waals surface area (Å²) in [6.07, 6.45) is -0.141. The van der Waals surface area contributed by atoms with Gasteiger partial charge in [0.15, 0.2) is 0 Å². The third-order valence-electron chi connectivity index (χ3n) is 2.77. The summed E-state index contributed by atoms with van der Waals surface area (Å²) < 4.78 is 10.2. The zero-order chi connectivity index (χ0) is 14.6. The normalized spacial score (nSPS) is 12.4. The lowest BCUT2D eigenvalue weighted by atomic mass is 10.0.